The highest BCUT2D eigenvalue weighted by Crippen LogP contribution is 2.22. The number of aromatic nitrogens is 2. The van der Waals surface area contributed by atoms with Crippen molar-refractivity contribution in [1.29, 1.82) is 0 Å². The summed E-state index contributed by atoms with van der Waals surface area (Å²) in [7, 11) is 0. The Morgan fingerprint density at radius 1 is 1.62 bits per heavy atom. The van der Waals surface area contributed by atoms with Gasteiger partial charge in [0.05, 0.1) is 12.4 Å². The molecule has 0 N–H and O–H groups in total. The maximum atomic E-state index is 12.3. The molecular formula is C10H14FN3OS. The molecule has 1 amide bonds. The number of likely N-dealkylation sites (tertiary alicyclic amines) is 1. The lowest BCUT2D eigenvalue weighted by Crippen LogP contribution is -2.50. The van der Waals surface area contributed by atoms with Crippen molar-refractivity contribution in [1.82, 2.24) is 14.5 Å². The average molecular weight is 243 g/mol. The van der Waals surface area contributed by atoms with Crippen molar-refractivity contribution in [3.8, 4) is 0 Å². The lowest BCUT2D eigenvalue weighted by molar-refractivity contribution is 0.0456. The van der Waals surface area contributed by atoms with Gasteiger partial charge in [0, 0.05) is 19.0 Å². The summed E-state index contributed by atoms with van der Waals surface area (Å²) < 4.78 is 16.1. The topological polar surface area (TPSA) is 46.1 Å². The fourth-order valence-electron chi connectivity index (χ4n) is 1.75. The number of halogens is 1. The number of carbonyl (C=O) groups excluding carboxylic acids is 1. The van der Waals surface area contributed by atoms with Gasteiger partial charge in [-0.1, -0.05) is 17.8 Å². The Morgan fingerprint density at radius 2 is 2.38 bits per heavy atom. The number of rotatable bonds is 4. The van der Waals surface area contributed by atoms with Gasteiger partial charge in [-0.15, -0.1) is 5.10 Å². The van der Waals surface area contributed by atoms with Gasteiger partial charge < -0.3 is 4.90 Å². The van der Waals surface area contributed by atoms with Crippen LogP contribution in [-0.4, -0.2) is 40.2 Å². The zero-order chi connectivity index (χ0) is 11.5. The molecule has 16 heavy (non-hydrogen) atoms. The number of aryl methyl sites for hydroxylation is 1. The molecule has 1 aliphatic rings. The maximum absolute atomic E-state index is 12.3. The van der Waals surface area contributed by atoms with E-state index in [9.17, 15) is 9.18 Å². The second kappa shape index (κ2) is 4.86. The van der Waals surface area contributed by atoms with E-state index in [1.165, 1.54) is 0 Å². The lowest BCUT2D eigenvalue weighted by atomic mass is 10.0. The van der Waals surface area contributed by atoms with Crippen molar-refractivity contribution in [2.24, 2.45) is 5.92 Å². The zero-order valence-electron chi connectivity index (χ0n) is 9.15. The first-order valence-corrected chi connectivity index (χ1v) is 6.20. The van der Waals surface area contributed by atoms with Crippen molar-refractivity contribution >= 4 is 17.4 Å². The summed E-state index contributed by atoms with van der Waals surface area (Å²) in [5.74, 6) is -0.0115. The molecule has 0 radical (unpaired) electrons. The van der Waals surface area contributed by atoms with E-state index < -0.39 is 0 Å². The van der Waals surface area contributed by atoms with E-state index >= 15 is 0 Å². The van der Waals surface area contributed by atoms with Crippen LogP contribution in [-0.2, 0) is 6.42 Å². The second-order valence-electron chi connectivity index (χ2n) is 4.03. The Bertz CT molecular complexity index is 376. The van der Waals surface area contributed by atoms with Gasteiger partial charge in [-0.25, -0.2) is 0 Å². The minimum Gasteiger partial charge on any atom is -0.337 e. The molecule has 4 nitrogen and oxygen atoms in total. The minimum atomic E-state index is -0.341. The molecule has 1 aromatic rings. The molecule has 0 unspecified atom stereocenters. The number of carbonyl (C=O) groups is 1. The molecule has 88 valence electrons. The van der Waals surface area contributed by atoms with Crippen LogP contribution in [0.4, 0.5) is 4.39 Å². The molecule has 2 rings (SSSR count). The highest BCUT2D eigenvalue weighted by molar-refractivity contribution is 7.08. The van der Waals surface area contributed by atoms with Crippen molar-refractivity contribution in [2.45, 2.75) is 19.8 Å². The van der Waals surface area contributed by atoms with E-state index in [4.69, 9.17) is 0 Å². The van der Waals surface area contributed by atoms with E-state index in [-0.39, 0.29) is 18.5 Å². The molecule has 1 fully saturated rings. The highest BCUT2D eigenvalue weighted by Gasteiger charge is 2.33. The smallest absolute Gasteiger partial charge is 0.267 e. The molecule has 1 aromatic heterocycles. The van der Waals surface area contributed by atoms with Gasteiger partial charge in [0.1, 0.15) is 4.88 Å². The molecule has 1 aliphatic heterocycles. The van der Waals surface area contributed by atoms with Crippen LogP contribution < -0.4 is 0 Å². The summed E-state index contributed by atoms with van der Waals surface area (Å²) in [5.41, 5.74) is 0.779. The van der Waals surface area contributed by atoms with E-state index in [0.29, 0.717) is 18.0 Å². The predicted octanol–water partition coefficient (Wildman–Crippen LogP) is 1.53. The van der Waals surface area contributed by atoms with Crippen LogP contribution in [0, 0.1) is 5.92 Å². The molecule has 2 heterocycles. The first-order valence-electron chi connectivity index (χ1n) is 5.42. The van der Waals surface area contributed by atoms with Gasteiger partial charge in [0.25, 0.3) is 5.91 Å². The van der Waals surface area contributed by atoms with Crippen molar-refractivity contribution in [3.05, 3.63) is 10.6 Å². The van der Waals surface area contributed by atoms with Crippen molar-refractivity contribution in [2.75, 3.05) is 19.8 Å². The number of hydrogen-bond acceptors (Lipinski definition) is 4. The van der Waals surface area contributed by atoms with Gasteiger partial charge in [0.2, 0.25) is 0 Å². The van der Waals surface area contributed by atoms with Crippen LogP contribution in [0.5, 0.6) is 0 Å². The third kappa shape index (κ3) is 2.07. The first-order chi connectivity index (χ1) is 7.76. The molecular weight excluding hydrogens is 229 g/mol. The third-order valence-electron chi connectivity index (χ3n) is 2.70. The summed E-state index contributed by atoms with van der Waals surface area (Å²) in [6.45, 7) is 2.75. The van der Waals surface area contributed by atoms with E-state index in [2.05, 4.69) is 9.59 Å². The van der Waals surface area contributed by atoms with E-state index in [1.807, 2.05) is 6.92 Å². The average Bonchev–Trinajstić information content (AvgIpc) is 2.65. The van der Waals surface area contributed by atoms with Crippen LogP contribution in [0.1, 0.15) is 28.7 Å². The SMILES string of the molecule is CCCc1nnsc1C(=O)N1CC(CF)C1. The quantitative estimate of drug-likeness (QED) is 0.805. The molecule has 0 saturated carbocycles. The Morgan fingerprint density at radius 3 is 3.00 bits per heavy atom. The minimum absolute atomic E-state index is 0.0273. The Hall–Kier alpha value is -1.04. The Kier molecular flexibility index (Phi) is 3.48. The zero-order valence-corrected chi connectivity index (χ0v) is 9.97. The number of amides is 1. The van der Waals surface area contributed by atoms with Crippen LogP contribution in [0.2, 0.25) is 0 Å². The predicted molar refractivity (Wildman–Crippen MR) is 59.3 cm³/mol. The van der Waals surface area contributed by atoms with E-state index in [0.717, 1.165) is 30.1 Å². The van der Waals surface area contributed by atoms with Crippen molar-refractivity contribution < 1.29 is 9.18 Å². The van der Waals surface area contributed by atoms with Crippen molar-refractivity contribution in [3.63, 3.8) is 0 Å². The van der Waals surface area contributed by atoms with Gasteiger partial charge in [-0.2, -0.15) is 0 Å². The van der Waals surface area contributed by atoms with Gasteiger partial charge >= 0.3 is 0 Å². The van der Waals surface area contributed by atoms with E-state index in [1.54, 1.807) is 4.90 Å². The maximum Gasteiger partial charge on any atom is 0.267 e. The summed E-state index contributed by atoms with van der Waals surface area (Å²) in [6, 6.07) is 0. The monoisotopic (exact) mass is 243 g/mol. The molecule has 0 bridgehead atoms. The largest absolute Gasteiger partial charge is 0.337 e. The number of hydrogen-bond donors (Lipinski definition) is 0. The lowest BCUT2D eigenvalue weighted by Gasteiger charge is -2.37. The summed E-state index contributed by atoms with van der Waals surface area (Å²) in [6.07, 6.45) is 1.72. The summed E-state index contributed by atoms with van der Waals surface area (Å²) in [5, 5.41) is 3.95. The second-order valence-corrected chi connectivity index (χ2v) is 4.78. The van der Waals surface area contributed by atoms with Gasteiger partial charge in [-0.05, 0) is 18.0 Å². The molecule has 6 heteroatoms. The first kappa shape index (κ1) is 11.4. The highest BCUT2D eigenvalue weighted by atomic mass is 32.1. The fraction of sp³-hybridized carbons (Fsp3) is 0.700. The van der Waals surface area contributed by atoms with Crippen LogP contribution in [0.25, 0.3) is 0 Å². The van der Waals surface area contributed by atoms with Gasteiger partial charge in [0.15, 0.2) is 0 Å². The number of alkyl halides is 1. The normalized spacial score (nSPS) is 16.2. The summed E-state index contributed by atoms with van der Waals surface area (Å²) >= 11 is 1.14. The van der Waals surface area contributed by atoms with Crippen LogP contribution in [0.3, 0.4) is 0 Å². The molecule has 0 atom stereocenters. The van der Waals surface area contributed by atoms with Crippen LogP contribution in [0.15, 0.2) is 0 Å². The molecule has 1 saturated heterocycles. The molecule has 0 aliphatic carbocycles. The Balaban J connectivity index is 2.01. The molecule has 0 aromatic carbocycles. The van der Waals surface area contributed by atoms with Crippen LogP contribution >= 0.6 is 11.5 Å². The summed E-state index contributed by atoms with van der Waals surface area (Å²) in [4.78, 5) is 14.3. The fourth-order valence-corrected chi connectivity index (χ4v) is 2.42. The number of nitrogens with zero attached hydrogens (tertiary/aromatic N) is 3. The third-order valence-corrected chi connectivity index (χ3v) is 3.46. The van der Waals surface area contributed by atoms with Gasteiger partial charge in [-0.3, -0.25) is 9.18 Å². The standard InChI is InChI=1S/C10H14FN3OS/c1-2-3-8-9(16-13-12-8)10(15)14-5-7(4-11)6-14/h7H,2-6H2,1H3. The Labute approximate surface area is 97.6 Å². The molecule has 0 spiro atoms.